The number of carbonyl (C=O) groups excluding carboxylic acids is 1. The lowest BCUT2D eigenvalue weighted by molar-refractivity contribution is -0.120. The predicted octanol–water partition coefficient (Wildman–Crippen LogP) is 1.61. The van der Waals surface area contributed by atoms with Crippen LogP contribution in [0.3, 0.4) is 0 Å². The lowest BCUT2D eigenvalue weighted by Gasteiger charge is -2.09. The maximum atomic E-state index is 11.4. The van der Waals surface area contributed by atoms with Gasteiger partial charge in [0.05, 0.1) is 0 Å². The molecule has 1 unspecified atom stereocenters. The second-order valence-corrected chi connectivity index (χ2v) is 4.12. The van der Waals surface area contributed by atoms with Gasteiger partial charge in [0, 0.05) is 43.4 Å². The molecule has 1 atom stereocenters. The van der Waals surface area contributed by atoms with Crippen molar-refractivity contribution in [2.45, 2.75) is 32.2 Å². The summed E-state index contributed by atoms with van der Waals surface area (Å²) in [6.45, 7) is 0.830. The number of carbonyl (C=O) groups is 1. The minimum Gasteiger partial charge on any atom is -0.354 e. The second-order valence-electron chi connectivity index (χ2n) is 4.12. The van der Waals surface area contributed by atoms with E-state index in [4.69, 9.17) is 0 Å². The molecule has 1 aliphatic carbocycles. The van der Waals surface area contributed by atoms with Crippen LogP contribution >= 0.6 is 0 Å². The van der Waals surface area contributed by atoms with Crippen LogP contribution in [0.2, 0.25) is 0 Å². The molecule has 1 saturated carbocycles. The van der Waals surface area contributed by atoms with Crippen molar-refractivity contribution in [3.63, 3.8) is 0 Å². The van der Waals surface area contributed by atoms with Gasteiger partial charge >= 0.3 is 0 Å². The fourth-order valence-corrected chi connectivity index (χ4v) is 2.09. The van der Waals surface area contributed by atoms with Crippen LogP contribution in [0.4, 0.5) is 0 Å². The molecule has 15 heavy (non-hydrogen) atoms. The number of aromatic nitrogens is 1. The summed E-state index contributed by atoms with van der Waals surface area (Å²) in [6, 6.07) is 3.10. The summed E-state index contributed by atoms with van der Waals surface area (Å²) >= 11 is 0. The highest BCUT2D eigenvalue weighted by atomic mass is 16.1. The van der Waals surface area contributed by atoms with Crippen molar-refractivity contribution < 1.29 is 4.79 Å². The lowest BCUT2D eigenvalue weighted by atomic mass is 10.0. The molecule has 1 aliphatic rings. The minimum atomic E-state index is 0.0307. The van der Waals surface area contributed by atoms with E-state index < -0.39 is 0 Å². The number of rotatable bonds is 3. The summed E-state index contributed by atoms with van der Waals surface area (Å²) in [7, 11) is 0. The smallest absolute Gasteiger partial charge is 0.181 e. The first-order chi connectivity index (χ1) is 7.25. The highest BCUT2D eigenvalue weighted by molar-refractivity contribution is 5.82. The van der Waals surface area contributed by atoms with Gasteiger partial charge in [-0.1, -0.05) is 0 Å². The van der Waals surface area contributed by atoms with E-state index in [2.05, 4.69) is 0 Å². The summed E-state index contributed by atoms with van der Waals surface area (Å²) in [5, 5.41) is 0. The van der Waals surface area contributed by atoms with Gasteiger partial charge in [-0.3, -0.25) is 9.59 Å². The SMILES string of the molecule is O=C1CCCC1CCn1ccc(=O)cc1. The van der Waals surface area contributed by atoms with Gasteiger partial charge in [-0.15, -0.1) is 0 Å². The van der Waals surface area contributed by atoms with Crippen LogP contribution in [0.25, 0.3) is 0 Å². The Balaban J connectivity index is 1.90. The number of pyridine rings is 1. The highest BCUT2D eigenvalue weighted by Crippen LogP contribution is 2.24. The molecule has 0 radical (unpaired) electrons. The maximum absolute atomic E-state index is 11.4. The molecule has 0 amide bonds. The van der Waals surface area contributed by atoms with E-state index in [1.165, 1.54) is 0 Å². The van der Waals surface area contributed by atoms with Gasteiger partial charge in [0.15, 0.2) is 5.43 Å². The molecule has 3 nitrogen and oxygen atoms in total. The van der Waals surface area contributed by atoms with E-state index >= 15 is 0 Å². The summed E-state index contributed by atoms with van der Waals surface area (Å²) in [4.78, 5) is 22.3. The van der Waals surface area contributed by atoms with E-state index in [1.54, 1.807) is 24.5 Å². The Kier molecular flexibility index (Phi) is 2.99. The number of nitrogens with zero attached hydrogens (tertiary/aromatic N) is 1. The number of hydrogen-bond donors (Lipinski definition) is 0. The van der Waals surface area contributed by atoms with Crippen molar-refractivity contribution in [1.29, 1.82) is 0 Å². The number of Topliss-reactive ketones (excluding diaryl/α,β-unsaturated/α-hetero) is 1. The van der Waals surface area contributed by atoms with Crippen LogP contribution in [-0.4, -0.2) is 10.4 Å². The summed E-state index contributed by atoms with van der Waals surface area (Å²) < 4.78 is 1.97. The van der Waals surface area contributed by atoms with Crippen LogP contribution in [0.1, 0.15) is 25.7 Å². The predicted molar refractivity (Wildman–Crippen MR) is 57.7 cm³/mol. The van der Waals surface area contributed by atoms with Crippen LogP contribution in [0.5, 0.6) is 0 Å². The first kappa shape index (κ1) is 10.1. The molecule has 1 aromatic heterocycles. The van der Waals surface area contributed by atoms with E-state index in [0.717, 1.165) is 32.2 Å². The van der Waals surface area contributed by atoms with Gasteiger partial charge in [-0.2, -0.15) is 0 Å². The normalized spacial score (nSPS) is 20.8. The van der Waals surface area contributed by atoms with Crippen molar-refractivity contribution >= 4 is 5.78 Å². The van der Waals surface area contributed by atoms with Crippen molar-refractivity contribution in [1.82, 2.24) is 4.57 Å². The third-order valence-corrected chi connectivity index (χ3v) is 3.03. The standard InChI is InChI=1S/C12H15NO2/c14-11-5-8-13(9-6-11)7-4-10-2-1-3-12(10)15/h5-6,8-10H,1-4,7H2. The lowest BCUT2D eigenvalue weighted by Crippen LogP contribution is -2.11. The van der Waals surface area contributed by atoms with Crippen molar-refractivity contribution in [2.24, 2.45) is 5.92 Å². The Morgan fingerprint density at radius 2 is 2.00 bits per heavy atom. The van der Waals surface area contributed by atoms with E-state index in [-0.39, 0.29) is 11.3 Å². The quantitative estimate of drug-likeness (QED) is 0.752. The average molecular weight is 205 g/mol. The molecule has 0 saturated heterocycles. The summed E-state index contributed by atoms with van der Waals surface area (Å²) in [5.74, 6) is 0.667. The number of aryl methyl sites for hydroxylation is 1. The molecular formula is C12H15NO2. The largest absolute Gasteiger partial charge is 0.354 e. The zero-order chi connectivity index (χ0) is 10.7. The zero-order valence-electron chi connectivity index (χ0n) is 8.69. The van der Waals surface area contributed by atoms with Crippen molar-refractivity contribution in [2.75, 3.05) is 0 Å². The zero-order valence-corrected chi connectivity index (χ0v) is 8.69. The van der Waals surface area contributed by atoms with Gasteiger partial charge in [-0.05, 0) is 19.3 Å². The van der Waals surface area contributed by atoms with Gasteiger partial charge in [0.2, 0.25) is 0 Å². The monoisotopic (exact) mass is 205 g/mol. The number of ketones is 1. The van der Waals surface area contributed by atoms with Crippen LogP contribution < -0.4 is 5.43 Å². The summed E-state index contributed by atoms with van der Waals surface area (Å²) in [6.07, 6.45) is 7.31. The van der Waals surface area contributed by atoms with Crippen LogP contribution in [-0.2, 0) is 11.3 Å². The fourth-order valence-electron chi connectivity index (χ4n) is 2.09. The molecule has 2 rings (SSSR count). The van der Waals surface area contributed by atoms with Crippen molar-refractivity contribution in [3.8, 4) is 0 Å². The molecule has 0 aromatic carbocycles. The van der Waals surface area contributed by atoms with Gasteiger partial charge in [-0.25, -0.2) is 0 Å². The Bertz CT molecular complexity index is 388. The molecule has 3 heteroatoms. The van der Waals surface area contributed by atoms with Crippen LogP contribution in [0.15, 0.2) is 29.3 Å². The van der Waals surface area contributed by atoms with E-state index in [0.29, 0.717) is 5.78 Å². The van der Waals surface area contributed by atoms with Gasteiger partial charge in [0.1, 0.15) is 5.78 Å². The maximum Gasteiger partial charge on any atom is 0.181 e. The van der Waals surface area contributed by atoms with Gasteiger partial charge < -0.3 is 4.57 Å². The molecule has 0 N–H and O–H groups in total. The first-order valence-electron chi connectivity index (χ1n) is 5.44. The fraction of sp³-hybridized carbons (Fsp3) is 0.500. The Morgan fingerprint density at radius 3 is 2.60 bits per heavy atom. The number of hydrogen-bond acceptors (Lipinski definition) is 2. The highest BCUT2D eigenvalue weighted by Gasteiger charge is 2.23. The molecule has 0 aliphatic heterocycles. The Hall–Kier alpha value is -1.38. The molecule has 0 spiro atoms. The Morgan fingerprint density at radius 1 is 1.27 bits per heavy atom. The second kappa shape index (κ2) is 4.43. The van der Waals surface area contributed by atoms with Gasteiger partial charge in [0.25, 0.3) is 0 Å². The molecular weight excluding hydrogens is 190 g/mol. The first-order valence-corrected chi connectivity index (χ1v) is 5.44. The summed E-state index contributed by atoms with van der Waals surface area (Å²) in [5.41, 5.74) is 0.0307. The molecule has 80 valence electrons. The van der Waals surface area contributed by atoms with Crippen LogP contribution in [0, 0.1) is 5.92 Å². The average Bonchev–Trinajstić information content (AvgIpc) is 2.63. The molecule has 1 heterocycles. The van der Waals surface area contributed by atoms with E-state index in [9.17, 15) is 9.59 Å². The topological polar surface area (TPSA) is 39.1 Å². The Labute approximate surface area is 88.7 Å². The third-order valence-electron chi connectivity index (χ3n) is 3.03. The van der Waals surface area contributed by atoms with Crippen molar-refractivity contribution in [3.05, 3.63) is 34.7 Å². The molecule has 1 aromatic rings. The minimum absolute atomic E-state index is 0.0307. The third kappa shape index (κ3) is 2.55. The van der Waals surface area contributed by atoms with E-state index in [1.807, 2.05) is 4.57 Å². The molecule has 1 fully saturated rings. The molecule has 0 bridgehead atoms.